The maximum atomic E-state index is 2.20. The first-order valence-corrected chi connectivity index (χ1v) is 11.2. The van der Waals surface area contributed by atoms with Crippen LogP contribution in [0.25, 0.3) is 0 Å². The zero-order valence-corrected chi connectivity index (χ0v) is 27.2. The van der Waals surface area contributed by atoms with Gasteiger partial charge in [0.2, 0.25) is 0 Å². The van der Waals surface area contributed by atoms with E-state index in [1.807, 2.05) is 0 Å². The van der Waals surface area contributed by atoms with Crippen LogP contribution in [-0.4, -0.2) is 0 Å². The van der Waals surface area contributed by atoms with E-state index in [-0.39, 0.29) is 31.1 Å². The second kappa shape index (κ2) is 13.2. The molecule has 1 heteroatoms. The fraction of sp³-hybridized carbons (Fsp3) is 0.500. The van der Waals surface area contributed by atoms with Crippen LogP contribution in [0.2, 0.25) is 0 Å². The Labute approximate surface area is 222 Å². The maximum Gasteiger partial charge on any atom is 3.00 e. The molecule has 0 nitrogen and oxygen atoms in total. The van der Waals surface area contributed by atoms with Gasteiger partial charge in [-0.2, -0.15) is 0 Å². The van der Waals surface area contributed by atoms with Crippen LogP contribution in [0.5, 0.6) is 0 Å². The zero-order chi connectivity index (χ0) is 23.7. The van der Waals surface area contributed by atoms with E-state index in [2.05, 4.69) is 104 Å². The third kappa shape index (κ3) is 7.03. The van der Waals surface area contributed by atoms with Gasteiger partial charge in [-0.05, 0) is 88.8 Å². The summed E-state index contributed by atoms with van der Waals surface area (Å²) < 4.78 is 0. The van der Waals surface area contributed by atoms with Crippen LogP contribution in [0, 0.1) is 120 Å². The van der Waals surface area contributed by atoms with Gasteiger partial charge in [0.05, 0.1) is 0 Å². The Hall–Kier alpha value is 1.05. The van der Waals surface area contributed by atoms with Crippen molar-refractivity contribution in [3.63, 3.8) is 0 Å². The first-order valence-electron chi connectivity index (χ1n) is 11.2. The normalized spacial score (nSPS) is 27.6. The van der Waals surface area contributed by atoms with Gasteiger partial charge in [0.1, 0.15) is 0 Å². The third-order valence-corrected chi connectivity index (χ3v) is 8.44. The minimum absolute atomic E-state index is 0. The molecule has 0 heterocycles. The molecule has 0 bridgehead atoms. The minimum atomic E-state index is 0. The number of hydrogen-bond donors (Lipinski definition) is 0. The van der Waals surface area contributed by atoms with Gasteiger partial charge in [0, 0.05) is 0 Å². The molecular weight excluding hydrogens is 598 g/mol. The van der Waals surface area contributed by atoms with E-state index in [1.165, 1.54) is 88.8 Å². The van der Waals surface area contributed by atoms with Crippen molar-refractivity contribution in [1.29, 1.82) is 0 Å². The van der Waals surface area contributed by atoms with E-state index in [0.717, 1.165) is 0 Å². The molecule has 0 aromatic heterocycles. The molecule has 0 aliphatic heterocycles. The molecule has 0 saturated heterocycles. The van der Waals surface area contributed by atoms with Crippen molar-refractivity contribution in [1.82, 2.24) is 0 Å². The Morgan fingerprint density at radius 2 is 0.194 bits per heavy atom. The predicted molar refractivity (Wildman–Crippen MR) is 134 cm³/mol. The fourth-order valence-corrected chi connectivity index (χ4v) is 4.22. The average Bonchev–Trinajstić information content (AvgIpc) is 3.09. The second-order valence-corrected chi connectivity index (χ2v) is 9.38. The van der Waals surface area contributed by atoms with Gasteiger partial charge in [0.15, 0.2) is 0 Å². The predicted octanol–water partition coefficient (Wildman–Crippen LogP) is 8.92. The Morgan fingerprint density at radius 1 is 0.161 bits per heavy atom. The van der Waals surface area contributed by atoms with Crippen molar-refractivity contribution < 1.29 is 31.1 Å². The smallest absolute Gasteiger partial charge is 0.0579 e. The summed E-state index contributed by atoms with van der Waals surface area (Å²) >= 11 is 0. The Kier molecular flexibility index (Phi) is 13.7. The first-order chi connectivity index (χ1) is 13.7. The van der Waals surface area contributed by atoms with Crippen LogP contribution in [0.3, 0.4) is 0 Å². The molecule has 0 spiro atoms. The van der Waals surface area contributed by atoms with Crippen LogP contribution in [0.15, 0.2) is 0 Å². The first kappa shape index (κ1) is 32.1. The van der Waals surface area contributed by atoms with Crippen molar-refractivity contribution in [2.75, 3.05) is 0 Å². The standard InChI is InChI=1S/3C10H15.U/c3*1-6-7(2)9(4)10(5)8(6)3;/h3*1-5H3;/q;;;+3. The van der Waals surface area contributed by atoms with E-state index >= 15 is 0 Å². The van der Waals surface area contributed by atoms with Crippen LogP contribution in [-0.2, 0) is 0 Å². The quantitative estimate of drug-likeness (QED) is 0.247. The molecule has 0 atom stereocenters. The molecule has 0 N–H and O–H groups in total. The number of hydrogen-bond acceptors (Lipinski definition) is 0. The Bertz CT molecular complexity index is 295. The van der Waals surface area contributed by atoms with E-state index < -0.39 is 0 Å². The van der Waals surface area contributed by atoms with Gasteiger partial charge < -0.3 is 0 Å². The molecule has 3 fully saturated rings. The van der Waals surface area contributed by atoms with Gasteiger partial charge in [-0.25, -0.2) is 0 Å². The summed E-state index contributed by atoms with van der Waals surface area (Å²) in [5.41, 5.74) is 0. The minimum Gasteiger partial charge on any atom is -0.0579 e. The topological polar surface area (TPSA) is 0 Å². The number of rotatable bonds is 0. The summed E-state index contributed by atoms with van der Waals surface area (Å²) in [6.07, 6.45) is 0. The summed E-state index contributed by atoms with van der Waals surface area (Å²) in [7, 11) is 0. The third-order valence-electron chi connectivity index (χ3n) is 8.44. The molecule has 3 aliphatic carbocycles. The van der Waals surface area contributed by atoms with E-state index in [9.17, 15) is 0 Å². The van der Waals surface area contributed by atoms with Crippen molar-refractivity contribution >= 4 is 0 Å². The second-order valence-electron chi connectivity index (χ2n) is 9.38. The average molecular weight is 644 g/mol. The van der Waals surface area contributed by atoms with Gasteiger partial charge in [-0.1, -0.05) is 104 Å². The molecule has 0 aromatic rings. The largest absolute Gasteiger partial charge is 3.00 e. The molecule has 31 heavy (non-hydrogen) atoms. The molecule has 3 aliphatic rings. The van der Waals surface area contributed by atoms with Crippen molar-refractivity contribution in [2.24, 2.45) is 0 Å². The van der Waals surface area contributed by atoms with Gasteiger partial charge in [0.25, 0.3) is 0 Å². The van der Waals surface area contributed by atoms with Crippen molar-refractivity contribution in [2.45, 2.75) is 104 Å². The van der Waals surface area contributed by atoms with Gasteiger partial charge in [-0.3, -0.25) is 0 Å². The molecule has 3 rings (SSSR count). The van der Waals surface area contributed by atoms with E-state index in [0.29, 0.717) is 0 Å². The van der Waals surface area contributed by atoms with E-state index in [1.54, 1.807) is 0 Å². The Balaban J connectivity index is 0.000000429. The van der Waals surface area contributed by atoms with Crippen LogP contribution < -0.4 is 0 Å². The van der Waals surface area contributed by atoms with Crippen molar-refractivity contribution in [3.8, 4) is 0 Å². The van der Waals surface area contributed by atoms with Crippen LogP contribution >= 0.6 is 0 Å². The zero-order valence-electron chi connectivity index (χ0n) is 23.0. The summed E-state index contributed by atoms with van der Waals surface area (Å²) in [5, 5.41) is 0. The van der Waals surface area contributed by atoms with Gasteiger partial charge >= 0.3 is 31.1 Å². The summed E-state index contributed by atoms with van der Waals surface area (Å²) in [6, 6.07) is 0. The van der Waals surface area contributed by atoms with Crippen molar-refractivity contribution in [3.05, 3.63) is 88.8 Å². The maximum absolute atomic E-state index is 2.20. The molecule has 0 aromatic carbocycles. The SMILES string of the molecule is C[C]1[C](C)[C](C)[C](C)[C]1C.C[C]1[C](C)[C](C)[C](C)[C]1C.C[C]1[C](C)[C](C)[C](C)[C]1C.[U+3]. The molecule has 166 valence electrons. The van der Waals surface area contributed by atoms with E-state index in [4.69, 9.17) is 0 Å². The summed E-state index contributed by atoms with van der Waals surface area (Å²) in [6.45, 7) is 33.0. The molecule has 3 saturated carbocycles. The molecule has 0 amide bonds. The molecule has 16 radical (unpaired) electrons. The molecule has 0 unspecified atom stereocenters. The summed E-state index contributed by atoms with van der Waals surface area (Å²) in [5.74, 6) is 22.0. The van der Waals surface area contributed by atoms with Gasteiger partial charge in [-0.15, -0.1) is 0 Å². The van der Waals surface area contributed by atoms with Crippen LogP contribution in [0.1, 0.15) is 104 Å². The molecular formula is C30H45U+3. The summed E-state index contributed by atoms with van der Waals surface area (Å²) in [4.78, 5) is 0. The fourth-order valence-electron chi connectivity index (χ4n) is 4.22. The Morgan fingerprint density at radius 3 is 0.226 bits per heavy atom. The van der Waals surface area contributed by atoms with Crippen LogP contribution in [0.4, 0.5) is 0 Å². The monoisotopic (exact) mass is 643 g/mol.